The van der Waals surface area contributed by atoms with E-state index in [1.54, 1.807) is 0 Å². The first-order valence-corrected chi connectivity index (χ1v) is 5.88. The van der Waals surface area contributed by atoms with Crippen LogP contribution in [0.25, 0.3) is 0 Å². The van der Waals surface area contributed by atoms with Gasteiger partial charge < -0.3 is 10.1 Å². The van der Waals surface area contributed by atoms with Crippen molar-refractivity contribution in [1.82, 2.24) is 5.32 Å². The van der Waals surface area contributed by atoms with Gasteiger partial charge >= 0.3 is 0 Å². The number of likely N-dealkylation sites (N-methyl/N-ethyl adjacent to an activating group) is 1. The van der Waals surface area contributed by atoms with Crippen LogP contribution in [0.4, 0.5) is 8.78 Å². The molecule has 98 valence electrons. The standard InChI is InChI=1S/C11H15F2NO.C2H6/c1-3-14-7-10(15-2)8-5-4-6-9(12)11(8)13;1-2/h4-6,10,14H,3,7H2,1-2H3;1-2H3/t10-;/m1./s1. The number of benzene rings is 1. The monoisotopic (exact) mass is 245 g/mol. The zero-order chi connectivity index (χ0) is 13.3. The van der Waals surface area contributed by atoms with Crippen LogP contribution in [-0.2, 0) is 4.74 Å². The van der Waals surface area contributed by atoms with Gasteiger partial charge in [-0.15, -0.1) is 0 Å². The summed E-state index contributed by atoms with van der Waals surface area (Å²) in [5.41, 5.74) is 0.249. The van der Waals surface area contributed by atoms with Crippen molar-refractivity contribution < 1.29 is 13.5 Å². The Labute approximate surface area is 102 Å². The smallest absolute Gasteiger partial charge is 0.164 e. The average molecular weight is 245 g/mol. The van der Waals surface area contributed by atoms with Gasteiger partial charge in [-0.1, -0.05) is 32.9 Å². The Morgan fingerprint density at radius 1 is 1.29 bits per heavy atom. The molecule has 1 aromatic rings. The number of hydrogen-bond acceptors (Lipinski definition) is 2. The molecule has 0 saturated heterocycles. The van der Waals surface area contributed by atoms with Gasteiger partial charge in [0.15, 0.2) is 11.6 Å². The fraction of sp³-hybridized carbons (Fsp3) is 0.538. The molecule has 0 aliphatic heterocycles. The molecule has 0 unspecified atom stereocenters. The maximum Gasteiger partial charge on any atom is 0.164 e. The molecule has 0 aromatic heterocycles. The zero-order valence-electron chi connectivity index (χ0n) is 10.9. The highest BCUT2D eigenvalue weighted by Crippen LogP contribution is 2.21. The first-order valence-electron chi connectivity index (χ1n) is 5.88. The van der Waals surface area contributed by atoms with Gasteiger partial charge in [0.05, 0.1) is 6.10 Å². The van der Waals surface area contributed by atoms with Crippen molar-refractivity contribution in [2.24, 2.45) is 0 Å². The van der Waals surface area contributed by atoms with E-state index >= 15 is 0 Å². The van der Waals surface area contributed by atoms with Crippen molar-refractivity contribution in [2.75, 3.05) is 20.2 Å². The van der Waals surface area contributed by atoms with Crippen LogP contribution in [0.2, 0.25) is 0 Å². The van der Waals surface area contributed by atoms with Crippen LogP contribution in [0.15, 0.2) is 18.2 Å². The van der Waals surface area contributed by atoms with Gasteiger partial charge in [0, 0.05) is 19.2 Å². The van der Waals surface area contributed by atoms with Crippen LogP contribution in [0.1, 0.15) is 32.4 Å². The molecule has 0 bridgehead atoms. The Hall–Kier alpha value is -1.00. The average Bonchev–Trinajstić information content (AvgIpc) is 2.37. The summed E-state index contributed by atoms with van der Waals surface area (Å²) in [6.07, 6.45) is -0.458. The van der Waals surface area contributed by atoms with Crippen molar-refractivity contribution in [2.45, 2.75) is 26.9 Å². The van der Waals surface area contributed by atoms with Crippen molar-refractivity contribution in [3.8, 4) is 0 Å². The molecule has 1 N–H and O–H groups in total. The maximum atomic E-state index is 13.4. The highest BCUT2D eigenvalue weighted by Gasteiger charge is 2.16. The lowest BCUT2D eigenvalue weighted by molar-refractivity contribution is 0.0990. The lowest BCUT2D eigenvalue weighted by Gasteiger charge is -2.16. The second kappa shape index (κ2) is 9.07. The van der Waals surface area contributed by atoms with E-state index in [1.165, 1.54) is 19.2 Å². The molecule has 1 atom stereocenters. The molecule has 0 spiro atoms. The van der Waals surface area contributed by atoms with Crippen molar-refractivity contribution in [3.05, 3.63) is 35.4 Å². The van der Waals surface area contributed by atoms with E-state index in [0.717, 1.165) is 12.6 Å². The SMILES string of the molecule is CC.CCNC[C@@H](OC)c1cccc(F)c1F. The number of halogens is 2. The molecule has 0 aliphatic rings. The summed E-state index contributed by atoms with van der Waals surface area (Å²) in [4.78, 5) is 0. The molecule has 0 radical (unpaired) electrons. The van der Waals surface area contributed by atoms with Crippen LogP contribution in [0.3, 0.4) is 0 Å². The fourth-order valence-electron chi connectivity index (χ4n) is 1.36. The van der Waals surface area contributed by atoms with E-state index in [9.17, 15) is 8.78 Å². The molecule has 1 rings (SSSR count). The summed E-state index contributed by atoms with van der Waals surface area (Å²) in [6.45, 7) is 7.17. The van der Waals surface area contributed by atoms with Gasteiger partial charge in [-0.3, -0.25) is 0 Å². The van der Waals surface area contributed by atoms with Gasteiger partial charge in [-0.25, -0.2) is 8.78 Å². The normalized spacial score (nSPS) is 11.6. The molecule has 2 nitrogen and oxygen atoms in total. The Bertz CT molecular complexity index is 318. The number of ether oxygens (including phenoxy) is 1. The minimum atomic E-state index is -0.842. The number of methoxy groups -OCH3 is 1. The summed E-state index contributed by atoms with van der Waals surface area (Å²) < 4.78 is 31.4. The summed E-state index contributed by atoms with van der Waals surface area (Å²) in [5.74, 6) is -1.67. The molecule has 0 heterocycles. The summed E-state index contributed by atoms with van der Waals surface area (Å²) in [5, 5.41) is 3.03. The second-order valence-electron chi connectivity index (χ2n) is 3.18. The number of rotatable bonds is 5. The minimum Gasteiger partial charge on any atom is -0.375 e. The maximum absolute atomic E-state index is 13.4. The first-order chi connectivity index (χ1) is 8.20. The van der Waals surface area contributed by atoms with E-state index < -0.39 is 17.7 Å². The van der Waals surface area contributed by atoms with Gasteiger partial charge in [0.1, 0.15) is 0 Å². The van der Waals surface area contributed by atoms with Gasteiger partial charge in [0.25, 0.3) is 0 Å². The highest BCUT2D eigenvalue weighted by molar-refractivity contribution is 5.21. The largest absolute Gasteiger partial charge is 0.375 e. The molecular formula is C13H21F2NO. The van der Waals surface area contributed by atoms with Crippen molar-refractivity contribution in [3.63, 3.8) is 0 Å². The van der Waals surface area contributed by atoms with Crippen LogP contribution < -0.4 is 5.32 Å². The van der Waals surface area contributed by atoms with Crippen LogP contribution in [0, 0.1) is 11.6 Å². The third kappa shape index (κ3) is 4.79. The van der Waals surface area contributed by atoms with Gasteiger partial charge in [-0.2, -0.15) is 0 Å². The molecule has 0 aliphatic carbocycles. The lowest BCUT2D eigenvalue weighted by Crippen LogP contribution is -2.23. The van der Waals surface area contributed by atoms with E-state index in [0.29, 0.717) is 6.54 Å². The van der Waals surface area contributed by atoms with E-state index in [4.69, 9.17) is 4.74 Å². The predicted molar refractivity (Wildman–Crippen MR) is 66.0 cm³/mol. The number of nitrogens with one attached hydrogen (secondary N) is 1. The minimum absolute atomic E-state index is 0.249. The van der Waals surface area contributed by atoms with Crippen LogP contribution >= 0.6 is 0 Å². The van der Waals surface area contributed by atoms with Gasteiger partial charge in [0.2, 0.25) is 0 Å². The molecule has 17 heavy (non-hydrogen) atoms. The Morgan fingerprint density at radius 2 is 1.94 bits per heavy atom. The fourth-order valence-corrected chi connectivity index (χ4v) is 1.36. The lowest BCUT2D eigenvalue weighted by atomic mass is 10.1. The molecule has 0 fully saturated rings. The van der Waals surface area contributed by atoms with E-state index in [1.807, 2.05) is 20.8 Å². The van der Waals surface area contributed by atoms with Gasteiger partial charge in [-0.05, 0) is 12.6 Å². The number of hydrogen-bond donors (Lipinski definition) is 1. The first kappa shape index (κ1) is 16.0. The zero-order valence-corrected chi connectivity index (χ0v) is 10.9. The third-order valence-electron chi connectivity index (χ3n) is 2.19. The third-order valence-corrected chi connectivity index (χ3v) is 2.19. The molecule has 0 amide bonds. The molecule has 0 saturated carbocycles. The molecule has 4 heteroatoms. The van der Waals surface area contributed by atoms with Crippen LogP contribution in [0.5, 0.6) is 0 Å². The van der Waals surface area contributed by atoms with Crippen molar-refractivity contribution >= 4 is 0 Å². The van der Waals surface area contributed by atoms with E-state index in [-0.39, 0.29) is 5.56 Å². The second-order valence-corrected chi connectivity index (χ2v) is 3.18. The molecule has 1 aromatic carbocycles. The molecular weight excluding hydrogens is 224 g/mol. The Balaban J connectivity index is 0.00000121. The Kier molecular flexibility index (Phi) is 8.54. The van der Waals surface area contributed by atoms with Crippen LogP contribution in [-0.4, -0.2) is 20.2 Å². The predicted octanol–water partition coefficient (Wildman–Crippen LogP) is 3.29. The highest BCUT2D eigenvalue weighted by atomic mass is 19.2. The van der Waals surface area contributed by atoms with Crippen molar-refractivity contribution in [1.29, 1.82) is 0 Å². The summed E-state index contributed by atoms with van der Waals surface area (Å²) in [7, 11) is 1.48. The summed E-state index contributed by atoms with van der Waals surface area (Å²) >= 11 is 0. The quantitative estimate of drug-likeness (QED) is 0.859. The topological polar surface area (TPSA) is 21.3 Å². The Morgan fingerprint density at radius 3 is 2.47 bits per heavy atom. The summed E-state index contributed by atoms with van der Waals surface area (Å²) in [6, 6.07) is 4.11. The van der Waals surface area contributed by atoms with E-state index in [2.05, 4.69) is 5.32 Å².